The van der Waals surface area contributed by atoms with Gasteiger partial charge in [0.2, 0.25) is 0 Å². The molecule has 0 saturated carbocycles. The second-order valence-corrected chi connectivity index (χ2v) is 5.50. The first-order valence-electron chi connectivity index (χ1n) is 6.99. The highest BCUT2D eigenvalue weighted by Crippen LogP contribution is 2.15. The van der Waals surface area contributed by atoms with Gasteiger partial charge in [-0.25, -0.2) is 5.43 Å². The van der Waals surface area contributed by atoms with Crippen molar-refractivity contribution in [2.45, 2.75) is 39.5 Å². The lowest BCUT2D eigenvalue weighted by atomic mass is 10.1. The molecule has 0 radical (unpaired) electrons. The highest BCUT2D eigenvalue weighted by atomic mass is 79.9. The van der Waals surface area contributed by atoms with Gasteiger partial charge in [-0.3, -0.25) is 9.59 Å². The van der Waals surface area contributed by atoms with Gasteiger partial charge in [0.1, 0.15) is 0 Å². The third-order valence-corrected chi connectivity index (χ3v) is 3.17. The van der Waals surface area contributed by atoms with E-state index in [1.54, 1.807) is 18.2 Å². The van der Waals surface area contributed by atoms with Crippen LogP contribution >= 0.6 is 15.9 Å². The van der Waals surface area contributed by atoms with Crippen LogP contribution in [0.3, 0.4) is 0 Å². The van der Waals surface area contributed by atoms with E-state index in [9.17, 15) is 9.59 Å². The Morgan fingerprint density at radius 2 is 1.81 bits per heavy atom. The summed E-state index contributed by atoms with van der Waals surface area (Å²) in [5.74, 6) is -1.50. The number of benzene rings is 1. The summed E-state index contributed by atoms with van der Waals surface area (Å²) in [5.41, 5.74) is 3.77. The molecule has 1 aromatic rings. The Balaban J connectivity index is 2.58. The fraction of sp³-hybridized carbons (Fsp3) is 0.400. The summed E-state index contributed by atoms with van der Waals surface area (Å²) in [5, 5.41) is 6.55. The van der Waals surface area contributed by atoms with E-state index in [2.05, 4.69) is 31.8 Å². The van der Waals surface area contributed by atoms with Crippen molar-refractivity contribution in [3.63, 3.8) is 0 Å². The molecule has 0 fully saturated rings. The van der Waals surface area contributed by atoms with Crippen LogP contribution in [0.2, 0.25) is 0 Å². The van der Waals surface area contributed by atoms with Crippen molar-refractivity contribution in [1.29, 1.82) is 0 Å². The van der Waals surface area contributed by atoms with Crippen LogP contribution in [0.25, 0.3) is 0 Å². The van der Waals surface area contributed by atoms with Gasteiger partial charge in [-0.15, -0.1) is 0 Å². The molecule has 1 aromatic carbocycles. The highest BCUT2D eigenvalue weighted by Gasteiger charge is 2.13. The van der Waals surface area contributed by atoms with E-state index in [0.717, 1.165) is 35.9 Å². The summed E-state index contributed by atoms with van der Waals surface area (Å²) in [7, 11) is 0. The quantitative estimate of drug-likeness (QED) is 0.467. The minimum absolute atomic E-state index is 0.552. The Bertz CT molecular complexity index is 521. The fourth-order valence-electron chi connectivity index (χ4n) is 1.75. The number of nitrogens with one attached hydrogen (secondary N) is 2. The highest BCUT2D eigenvalue weighted by molar-refractivity contribution is 9.10. The number of hydrazone groups is 1. The number of halogens is 1. The van der Waals surface area contributed by atoms with E-state index < -0.39 is 11.8 Å². The lowest BCUT2D eigenvalue weighted by Crippen LogP contribution is -2.33. The van der Waals surface area contributed by atoms with E-state index >= 15 is 0 Å². The number of carbonyl (C=O) groups excluding carboxylic acids is 2. The van der Waals surface area contributed by atoms with Crippen LogP contribution in [-0.4, -0.2) is 17.5 Å². The van der Waals surface area contributed by atoms with Crippen molar-refractivity contribution in [2.24, 2.45) is 5.10 Å². The molecule has 0 heterocycles. The minimum Gasteiger partial charge on any atom is -0.318 e. The van der Waals surface area contributed by atoms with Gasteiger partial charge in [-0.05, 0) is 31.0 Å². The van der Waals surface area contributed by atoms with Crippen LogP contribution in [-0.2, 0) is 9.59 Å². The van der Waals surface area contributed by atoms with Crippen LogP contribution in [0.1, 0.15) is 39.5 Å². The molecule has 1 rings (SSSR count). The minimum atomic E-state index is -0.764. The number of anilines is 1. The van der Waals surface area contributed by atoms with Gasteiger partial charge in [0, 0.05) is 15.9 Å². The molecule has 0 unspecified atom stereocenters. The van der Waals surface area contributed by atoms with Crippen LogP contribution in [0.5, 0.6) is 0 Å². The fourth-order valence-corrected chi connectivity index (χ4v) is 2.15. The first-order chi connectivity index (χ1) is 10.1. The summed E-state index contributed by atoms with van der Waals surface area (Å²) in [4.78, 5) is 23.4. The molecular weight excluding hydrogens is 334 g/mol. The molecule has 0 aliphatic rings. The van der Waals surface area contributed by atoms with Crippen molar-refractivity contribution >= 4 is 39.1 Å². The normalized spacial score (nSPS) is 9.86. The third kappa shape index (κ3) is 6.53. The zero-order valence-electron chi connectivity index (χ0n) is 12.3. The standard InChI is InChI=1S/C15H20BrN3O2/c1-3-6-12(7-4-2)18-19-15(21)14(20)17-13-9-5-8-11(16)10-13/h5,8-10H,3-4,6-7H2,1-2H3,(H,17,20)(H,19,21). The van der Waals surface area contributed by atoms with Crippen molar-refractivity contribution in [1.82, 2.24) is 5.43 Å². The summed E-state index contributed by atoms with van der Waals surface area (Å²) >= 11 is 3.30. The molecule has 0 saturated heterocycles. The number of hydrogen-bond donors (Lipinski definition) is 2. The second-order valence-electron chi connectivity index (χ2n) is 4.58. The van der Waals surface area contributed by atoms with Gasteiger partial charge in [-0.2, -0.15) is 5.10 Å². The van der Waals surface area contributed by atoms with Crippen LogP contribution in [0.15, 0.2) is 33.8 Å². The molecule has 5 nitrogen and oxygen atoms in total. The Hall–Kier alpha value is -1.69. The van der Waals surface area contributed by atoms with Crippen LogP contribution < -0.4 is 10.7 Å². The first-order valence-corrected chi connectivity index (χ1v) is 7.78. The second kappa shape index (κ2) is 9.28. The molecule has 0 aliphatic heterocycles. The maximum Gasteiger partial charge on any atom is 0.329 e. The monoisotopic (exact) mass is 353 g/mol. The molecular formula is C15H20BrN3O2. The Labute approximate surface area is 133 Å². The van der Waals surface area contributed by atoms with Crippen molar-refractivity contribution in [3.8, 4) is 0 Å². The van der Waals surface area contributed by atoms with E-state index in [1.807, 2.05) is 19.9 Å². The van der Waals surface area contributed by atoms with Gasteiger partial charge in [-0.1, -0.05) is 48.7 Å². The SMILES string of the molecule is CCCC(CCC)=NNC(=O)C(=O)Nc1cccc(Br)c1. The molecule has 6 heteroatoms. The van der Waals surface area contributed by atoms with Gasteiger partial charge in [0.05, 0.1) is 0 Å². The molecule has 2 amide bonds. The average molecular weight is 354 g/mol. The molecule has 0 aliphatic carbocycles. The first kappa shape index (κ1) is 17.4. The maximum absolute atomic E-state index is 11.7. The van der Waals surface area contributed by atoms with Gasteiger partial charge < -0.3 is 5.32 Å². The number of nitrogens with zero attached hydrogens (tertiary/aromatic N) is 1. The number of rotatable bonds is 6. The molecule has 2 N–H and O–H groups in total. The molecule has 114 valence electrons. The van der Waals surface area contributed by atoms with E-state index in [4.69, 9.17) is 0 Å². The van der Waals surface area contributed by atoms with Crippen LogP contribution in [0, 0.1) is 0 Å². The van der Waals surface area contributed by atoms with Crippen LogP contribution in [0.4, 0.5) is 5.69 Å². The van der Waals surface area contributed by atoms with Gasteiger partial charge in [0.25, 0.3) is 0 Å². The number of amides is 2. The summed E-state index contributed by atoms with van der Waals surface area (Å²) in [6, 6.07) is 7.03. The smallest absolute Gasteiger partial charge is 0.318 e. The summed E-state index contributed by atoms with van der Waals surface area (Å²) in [6.07, 6.45) is 3.56. The van der Waals surface area contributed by atoms with E-state index in [-0.39, 0.29) is 0 Å². The zero-order chi connectivity index (χ0) is 15.7. The van der Waals surface area contributed by atoms with Gasteiger partial charge in [0.15, 0.2) is 0 Å². The largest absolute Gasteiger partial charge is 0.329 e. The maximum atomic E-state index is 11.7. The van der Waals surface area contributed by atoms with Crippen molar-refractivity contribution < 1.29 is 9.59 Å². The average Bonchev–Trinajstić information content (AvgIpc) is 2.45. The third-order valence-electron chi connectivity index (χ3n) is 2.68. The van der Waals surface area contributed by atoms with Gasteiger partial charge >= 0.3 is 11.8 Å². The van der Waals surface area contributed by atoms with E-state index in [1.165, 1.54) is 0 Å². The number of hydrogen-bond acceptors (Lipinski definition) is 3. The zero-order valence-corrected chi connectivity index (χ0v) is 13.9. The summed E-state index contributed by atoms with van der Waals surface area (Å²) in [6.45, 7) is 4.10. The molecule has 0 bridgehead atoms. The molecule has 21 heavy (non-hydrogen) atoms. The topological polar surface area (TPSA) is 70.6 Å². The lowest BCUT2D eigenvalue weighted by Gasteiger charge is -2.06. The Morgan fingerprint density at radius 1 is 1.14 bits per heavy atom. The summed E-state index contributed by atoms with van der Waals surface area (Å²) < 4.78 is 0.826. The molecule has 0 atom stereocenters. The molecule has 0 aromatic heterocycles. The van der Waals surface area contributed by atoms with E-state index in [0.29, 0.717) is 5.69 Å². The lowest BCUT2D eigenvalue weighted by molar-refractivity contribution is -0.136. The molecule has 0 spiro atoms. The predicted molar refractivity (Wildman–Crippen MR) is 88.2 cm³/mol. The number of carbonyl (C=O) groups is 2. The van der Waals surface area contributed by atoms with Crippen molar-refractivity contribution in [2.75, 3.05) is 5.32 Å². The van der Waals surface area contributed by atoms with Crippen molar-refractivity contribution in [3.05, 3.63) is 28.7 Å². The Kier molecular flexibility index (Phi) is 7.68. The predicted octanol–water partition coefficient (Wildman–Crippen LogP) is 3.46. The Morgan fingerprint density at radius 3 is 2.38 bits per heavy atom.